The summed E-state index contributed by atoms with van der Waals surface area (Å²) >= 11 is 4.84. The van der Waals surface area contributed by atoms with Crippen molar-refractivity contribution in [3.63, 3.8) is 0 Å². The lowest BCUT2D eigenvalue weighted by molar-refractivity contribution is 0.102. The van der Waals surface area contributed by atoms with Gasteiger partial charge in [0, 0.05) is 17.8 Å². The van der Waals surface area contributed by atoms with E-state index in [4.69, 9.17) is 5.73 Å². The lowest BCUT2D eigenvalue weighted by atomic mass is 10.2. The molecule has 0 aliphatic heterocycles. The Kier molecular flexibility index (Phi) is 4.49. The van der Waals surface area contributed by atoms with E-state index in [-0.39, 0.29) is 11.8 Å². The Hall–Kier alpha value is -1.05. The van der Waals surface area contributed by atoms with Gasteiger partial charge >= 0.3 is 0 Å². The molecule has 0 saturated heterocycles. The minimum Gasteiger partial charge on any atom is -0.330 e. The maximum absolute atomic E-state index is 12.5. The minimum atomic E-state index is -0.113. The normalized spacial score (nSPS) is 11.2. The van der Waals surface area contributed by atoms with Gasteiger partial charge in [0.2, 0.25) is 5.78 Å². The summed E-state index contributed by atoms with van der Waals surface area (Å²) in [6, 6.07) is 0.118. The Labute approximate surface area is 124 Å². The number of halogens is 1. The Morgan fingerprint density at radius 2 is 2.32 bits per heavy atom. The van der Waals surface area contributed by atoms with Crippen molar-refractivity contribution in [2.75, 3.05) is 6.54 Å². The molecule has 0 spiro atoms. The van der Waals surface area contributed by atoms with Crippen molar-refractivity contribution in [1.29, 1.82) is 0 Å². The SMILES string of the molecule is CC(C)n1ncc(Br)c1C(=O)c1csc(CCN)n1. The highest BCUT2D eigenvalue weighted by molar-refractivity contribution is 9.10. The van der Waals surface area contributed by atoms with E-state index in [1.807, 2.05) is 13.8 Å². The first-order valence-electron chi connectivity index (χ1n) is 5.96. The smallest absolute Gasteiger partial charge is 0.231 e. The molecule has 5 nitrogen and oxygen atoms in total. The number of carbonyl (C=O) groups is 1. The number of nitrogens with zero attached hydrogens (tertiary/aromatic N) is 3. The zero-order valence-corrected chi connectivity index (χ0v) is 13.2. The number of aromatic nitrogens is 3. The second kappa shape index (κ2) is 5.94. The van der Waals surface area contributed by atoms with Crippen LogP contribution in [0.5, 0.6) is 0 Å². The van der Waals surface area contributed by atoms with E-state index in [0.29, 0.717) is 28.8 Å². The Bertz CT molecular complexity index is 590. The molecule has 0 fully saturated rings. The summed E-state index contributed by atoms with van der Waals surface area (Å²) in [4.78, 5) is 16.8. The second-order valence-electron chi connectivity index (χ2n) is 4.37. The molecule has 7 heteroatoms. The predicted octanol–water partition coefficient (Wildman–Crippen LogP) is 2.42. The fourth-order valence-corrected chi connectivity index (χ4v) is 2.97. The zero-order chi connectivity index (χ0) is 14.0. The van der Waals surface area contributed by atoms with E-state index in [2.05, 4.69) is 26.0 Å². The third-order valence-corrected chi connectivity index (χ3v) is 4.09. The van der Waals surface area contributed by atoms with E-state index in [9.17, 15) is 4.79 Å². The highest BCUT2D eigenvalue weighted by atomic mass is 79.9. The largest absolute Gasteiger partial charge is 0.330 e. The van der Waals surface area contributed by atoms with Gasteiger partial charge in [-0.25, -0.2) is 4.98 Å². The number of hydrogen-bond acceptors (Lipinski definition) is 5. The van der Waals surface area contributed by atoms with Crippen LogP contribution >= 0.6 is 27.3 Å². The maximum Gasteiger partial charge on any atom is 0.231 e. The van der Waals surface area contributed by atoms with E-state index >= 15 is 0 Å². The molecule has 0 saturated carbocycles. The van der Waals surface area contributed by atoms with Crippen LogP contribution in [0, 0.1) is 0 Å². The molecule has 102 valence electrons. The third kappa shape index (κ3) is 2.93. The summed E-state index contributed by atoms with van der Waals surface area (Å²) in [5.41, 5.74) is 6.49. The molecule has 2 aromatic heterocycles. The van der Waals surface area contributed by atoms with Gasteiger partial charge in [-0.15, -0.1) is 11.3 Å². The lowest BCUT2D eigenvalue weighted by Gasteiger charge is -2.09. The summed E-state index contributed by atoms with van der Waals surface area (Å²) in [5.74, 6) is -0.113. The number of hydrogen-bond donors (Lipinski definition) is 1. The Balaban J connectivity index is 2.35. The van der Waals surface area contributed by atoms with Crippen molar-refractivity contribution in [3.8, 4) is 0 Å². The molecule has 0 aliphatic rings. The highest BCUT2D eigenvalue weighted by Gasteiger charge is 2.22. The number of rotatable bonds is 5. The van der Waals surface area contributed by atoms with Crippen LogP contribution in [0.1, 0.15) is 41.1 Å². The fraction of sp³-hybridized carbons (Fsp3) is 0.417. The fourth-order valence-electron chi connectivity index (χ4n) is 1.72. The van der Waals surface area contributed by atoms with Crippen LogP contribution in [0.25, 0.3) is 0 Å². The van der Waals surface area contributed by atoms with Gasteiger partial charge in [-0.05, 0) is 36.3 Å². The number of thiazole rings is 1. The molecule has 2 aromatic rings. The summed E-state index contributed by atoms with van der Waals surface area (Å²) < 4.78 is 2.40. The van der Waals surface area contributed by atoms with Crippen molar-refractivity contribution in [3.05, 3.63) is 32.4 Å². The first-order chi connectivity index (χ1) is 9.04. The second-order valence-corrected chi connectivity index (χ2v) is 6.17. The molecule has 2 heterocycles. The van der Waals surface area contributed by atoms with E-state index in [1.54, 1.807) is 16.3 Å². The van der Waals surface area contributed by atoms with Gasteiger partial charge < -0.3 is 5.73 Å². The average Bonchev–Trinajstić information content (AvgIpc) is 2.95. The summed E-state index contributed by atoms with van der Waals surface area (Å²) in [5, 5.41) is 6.87. The molecule has 0 amide bonds. The highest BCUT2D eigenvalue weighted by Crippen LogP contribution is 2.23. The molecule has 0 aromatic carbocycles. The van der Waals surface area contributed by atoms with Crippen LogP contribution < -0.4 is 5.73 Å². The number of nitrogens with two attached hydrogens (primary N) is 1. The predicted molar refractivity (Wildman–Crippen MR) is 78.6 cm³/mol. The van der Waals surface area contributed by atoms with Crippen molar-refractivity contribution in [2.45, 2.75) is 26.3 Å². The van der Waals surface area contributed by atoms with E-state index in [0.717, 1.165) is 5.01 Å². The third-order valence-electron chi connectivity index (χ3n) is 2.60. The number of carbonyl (C=O) groups excluding carboxylic acids is 1. The molecule has 2 N–H and O–H groups in total. The van der Waals surface area contributed by atoms with Crippen LogP contribution in [0.3, 0.4) is 0 Å². The maximum atomic E-state index is 12.5. The van der Waals surface area contributed by atoms with Crippen molar-refractivity contribution in [1.82, 2.24) is 14.8 Å². The Morgan fingerprint density at radius 3 is 2.95 bits per heavy atom. The Morgan fingerprint density at radius 1 is 1.58 bits per heavy atom. The van der Waals surface area contributed by atoms with Crippen LogP contribution in [0.4, 0.5) is 0 Å². The van der Waals surface area contributed by atoms with Crippen molar-refractivity contribution >= 4 is 33.0 Å². The molecule has 0 aliphatic carbocycles. The molecule has 0 unspecified atom stereocenters. The molecular formula is C12H15BrN4OS. The first-order valence-corrected chi connectivity index (χ1v) is 7.64. The van der Waals surface area contributed by atoms with Gasteiger partial charge in [0.05, 0.1) is 15.7 Å². The van der Waals surface area contributed by atoms with Crippen LogP contribution in [0.15, 0.2) is 16.0 Å². The van der Waals surface area contributed by atoms with Gasteiger partial charge in [0.15, 0.2) is 0 Å². The van der Waals surface area contributed by atoms with Gasteiger partial charge in [0.25, 0.3) is 0 Å². The molecule has 0 radical (unpaired) electrons. The van der Waals surface area contributed by atoms with Gasteiger partial charge in [-0.3, -0.25) is 9.48 Å². The van der Waals surface area contributed by atoms with Gasteiger partial charge in [-0.1, -0.05) is 0 Å². The molecule has 2 rings (SSSR count). The summed E-state index contributed by atoms with van der Waals surface area (Å²) in [7, 11) is 0. The van der Waals surface area contributed by atoms with Gasteiger partial charge in [-0.2, -0.15) is 5.10 Å². The standard InChI is InChI=1S/C12H15BrN4OS/c1-7(2)17-11(8(13)5-15-17)12(18)9-6-19-10(16-9)3-4-14/h5-7H,3-4,14H2,1-2H3. The van der Waals surface area contributed by atoms with Crippen LogP contribution in [0.2, 0.25) is 0 Å². The molecule has 0 bridgehead atoms. The molecule has 0 atom stereocenters. The average molecular weight is 343 g/mol. The van der Waals surface area contributed by atoms with Gasteiger partial charge in [0.1, 0.15) is 11.4 Å². The molecule has 19 heavy (non-hydrogen) atoms. The van der Waals surface area contributed by atoms with Crippen molar-refractivity contribution in [2.24, 2.45) is 5.73 Å². The lowest BCUT2D eigenvalue weighted by Crippen LogP contribution is -2.14. The van der Waals surface area contributed by atoms with E-state index < -0.39 is 0 Å². The summed E-state index contributed by atoms with van der Waals surface area (Å²) in [6.07, 6.45) is 2.34. The first kappa shape index (κ1) is 14.4. The minimum absolute atomic E-state index is 0.113. The molecular weight excluding hydrogens is 328 g/mol. The van der Waals surface area contributed by atoms with E-state index in [1.165, 1.54) is 11.3 Å². The van der Waals surface area contributed by atoms with Crippen LogP contribution in [-0.4, -0.2) is 27.1 Å². The summed E-state index contributed by atoms with van der Waals surface area (Å²) in [6.45, 7) is 4.50. The zero-order valence-electron chi connectivity index (χ0n) is 10.8. The number of ketones is 1. The van der Waals surface area contributed by atoms with Crippen molar-refractivity contribution < 1.29 is 4.79 Å². The topological polar surface area (TPSA) is 73.8 Å². The van der Waals surface area contributed by atoms with Crippen LogP contribution in [-0.2, 0) is 6.42 Å². The quantitative estimate of drug-likeness (QED) is 0.846. The monoisotopic (exact) mass is 342 g/mol.